The van der Waals surface area contributed by atoms with Gasteiger partial charge in [0.25, 0.3) is 0 Å². The van der Waals surface area contributed by atoms with E-state index in [2.05, 4.69) is 27.2 Å². The SMILES string of the molecule is N#Cc1ccc(CN(Cc2nncn2Cc2ccc(C#N)cc2)c2cc(Cl)cc(Cl)c2)cc1. The summed E-state index contributed by atoms with van der Waals surface area (Å²) in [7, 11) is 0. The van der Waals surface area contributed by atoms with E-state index in [1.807, 2.05) is 41.0 Å². The minimum atomic E-state index is 0.465. The monoisotopic (exact) mass is 472 g/mol. The fourth-order valence-electron chi connectivity index (χ4n) is 3.45. The number of nitriles is 2. The van der Waals surface area contributed by atoms with Crippen LogP contribution in [0.3, 0.4) is 0 Å². The summed E-state index contributed by atoms with van der Waals surface area (Å²) in [6.45, 7) is 1.61. The lowest BCUT2D eigenvalue weighted by Crippen LogP contribution is -2.24. The lowest BCUT2D eigenvalue weighted by molar-refractivity contribution is 0.680. The molecular weight excluding hydrogens is 455 g/mol. The summed E-state index contributed by atoms with van der Waals surface area (Å²) in [5, 5.41) is 27.6. The second-order valence-corrected chi connectivity index (χ2v) is 8.35. The van der Waals surface area contributed by atoms with Gasteiger partial charge < -0.3 is 9.47 Å². The minimum Gasteiger partial charge on any atom is -0.360 e. The van der Waals surface area contributed by atoms with Crippen LogP contribution in [0.15, 0.2) is 73.1 Å². The summed E-state index contributed by atoms with van der Waals surface area (Å²) in [4.78, 5) is 2.11. The van der Waals surface area contributed by atoms with Crippen LogP contribution in [0.4, 0.5) is 5.69 Å². The molecule has 0 spiro atoms. The number of aromatic nitrogens is 3. The van der Waals surface area contributed by atoms with Crippen LogP contribution >= 0.6 is 23.2 Å². The zero-order valence-corrected chi connectivity index (χ0v) is 19.0. The smallest absolute Gasteiger partial charge is 0.152 e. The molecule has 0 radical (unpaired) electrons. The largest absolute Gasteiger partial charge is 0.360 e. The number of hydrogen-bond acceptors (Lipinski definition) is 5. The van der Waals surface area contributed by atoms with Gasteiger partial charge in [0.15, 0.2) is 5.82 Å². The molecule has 0 unspecified atom stereocenters. The third kappa shape index (κ3) is 5.70. The lowest BCUT2D eigenvalue weighted by atomic mass is 10.1. The average molecular weight is 473 g/mol. The molecule has 0 N–H and O–H groups in total. The zero-order valence-electron chi connectivity index (χ0n) is 17.5. The van der Waals surface area contributed by atoms with Gasteiger partial charge in [-0.15, -0.1) is 10.2 Å². The Morgan fingerprint density at radius 3 is 1.94 bits per heavy atom. The predicted molar refractivity (Wildman–Crippen MR) is 128 cm³/mol. The highest BCUT2D eigenvalue weighted by atomic mass is 35.5. The first-order chi connectivity index (χ1) is 16.0. The van der Waals surface area contributed by atoms with E-state index in [1.54, 1.807) is 36.7 Å². The Morgan fingerprint density at radius 1 is 0.788 bits per heavy atom. The second kappa shape index (κ2) is 10.2. The van der Waals surface area contributed by atoms with Gasteiger partial charge in [-0.25, -0.2) is 0 Å². The van der Waals surface area contributed by atoms with Gasteiger partial charge in [0.05, 0.1) is 36.4 Å². The fraction of sp³-hybridized carbons (Fsp3) is 0.120. The zero-order chi connectivity index (χ0) is 23.2. The van der Waals surface area contributed by atoms with Crippen molar-refractivity contribution in [1.82, 2.24) is 14.8 Å². The van der Waals surface area contributed by atoms with Crippen LogP contribution in [0, 0.1) is 22.7 Å². The number of nitrogens with zero attached hydrogens (tertiary/aromatic N) is 6. The van der Waals surface area contributed by atoms with Crippen LogP contribution in [0.25, 0.3) is 0 Å². The normalized spacial score (nSPS) is 10.4. The molecule has 0 saturated heterocycles. The topological polar surface area (TPSA) is 81.5 Å². The number of rotatable bonds is 7. The Hall–Kier alpha value is -3.84. The van der Waals surface area contributed by atoms with Gasteiger partial charge in [0.2, 0.25) is 0 Å². The molecule has 0 saturated carbocycles. The van der Waals surface area contributed by atoms with Crippen molar-refractivity contribution in [3.63, 3.8) is 0 Å². The Morgan fingerprint density at radius 2 is 1.36 bits per heavy atom. The summed E-state index contributed by atoms with van der Waals surface area (Å²) < 4.78 is 1.97. The Bertz CT molecular complexity index is 1310. The van der Waals surface area contributed by atoms with Gasteiger partial charge in [-0.05, 0) is 53.6 Å². The molecule has 0 aliphatic carbocycles. The van der Waals surface area contributed by atoms with E-state index in [0.717, 1.165) is 22.6 Å². The minimum absolute atomic E-state index is 0.465. The lowest BCUT2D eigenvalue weighted by Gasteiger charge is -2.25. The second-order valence-electron chi connectivity index (χ2n) is 7.48. The van der Waals surface area contributed by atoms with Crippen molar-refractivity contribution in [2.75, 3.05) is 4.90 Å². The summed E-state index contributed by atoms with van der Waals surface area (Å²) in [5.41, 5.74) is 4.15. The van der Waals surface area contributed by atoms with E-state index >= 15 is 0 Å². The van der Waals surface area contributed by atoms with E-state index in [0.29, 0.717) is 40.8 Å². The standard InChI is InChI=1S/C25H18Cl2N6/c26-22-9-23(27)11-24(10-22)32(14-20-5-1-18(12-28)2-6-20)16-25-31-30-17-33(25)15-21-7-3-19(13-29)4-8-21/h1-11,17H,14-16H2. The van der Waals surface area contributed by atoms with E-state index < -0.39 is 0 Å². The van der Waals surface area contributed by atoms with E-state index in [9.17, 15) is 0 Å². The van der Waals surface area contributed by atoms with Crippen molar-refractivity contribution in [1.29, 1.82) is 10.5 Å². The maximum Gasteiger partial charge on any atom is 0.152 e. The molecule has 4 aromatic rings. The quantitative estimate of drug-likeness (QED) is 0.350. The highest BCUT2D eigenvalue weighted by Crippen LogP contribution is 2.28. The maximum absolute atomic E-state index is 9.08. The summed E-state index contributed by atoms with van der Waals surface area (Å²) in [6.07, 6.45) is 1.69. The van der Waals surface area contributed by atoms with Crippen LogP contribution in [0.2, 0.25) is 10.0 Å². The molecule has 1 heterocycles. The number of benzene rings is 3. The van der Waals surface area contributed by atoms with Crippen molar-refractivity contribution in [3.05, 3.63) is 111 Å². The third-order valence-corrected chi connectivity index (χ3v) is 5.57. The molecule has 4 rings (SSSR count). The molecule has 162 valence electrons. The van der Waals surface area contributed by atoms with Crippen molar-refractivity contribution in [2.45, 2.75) is 19.6 Å². The maximum atomic E-state index is 9.08. The molecule has 0 amide bonds. The predicted octanol–water partition coefficient (Wildman–Crippen LogP) is 5.58. The molecule has 33 heavy (non-hydrogen) atoms. The van der Waals surface area contributed by atoms with Gasteiger partial charge in [-0.2, -0.15) is 10.5 Å². The van der Waals surface area contributed by atoms with Crippen LogP contribution in [0.1, 0.15) is 28.1 Å². The van der Waals surface area contributed by atoms with Crippen molar-refractivity contribution in [2.24, 2.45) is 0 Å². The van der Waals surface area contributed by atoms with Gasteiger partial charge in [-0.3, -0.25) is 0 Å². The first kappa shape index (κ1) is 22.4. The van der Waals surface area contributed by atoms with Gasteiger partial charge in [0.1, 0.15) is 6.33 Å². The molecule has 0 bridgehead atoms. The van der Waals surface area contributed by atoms with Crippen molar-refractivity contribution in [3.8, 4) is 12.1 Å². The Labute approximate surface area is 201 Å². The molecular formula is C25H18Cl2N6. The molecule has 0 aliphatic rings. The van der Waals surface area contributed by atoms with Gasteiger partial charge in [-0.1, -0.05) is 47.5 Å². The number of anilines is 1. The first-order valence-electron chi connectivity index (χ1n) is 10.1. The van der Waals surface area contributed by atoms with Gasteiger partial charge in [0, 0.05) is 22.3 Å². The Balaban J connectivity index is 1.62. The van der Waals surface area contributed by atoms with Gasteiger partial charge >= 0.3 is 0 Å². The molecule has 0 atom stereocenters. The van der Waals surface area contributed by atoms with E-state index in [1.165, 1.54) is 0 Å². The molecule has 0 fully saturated rings. The van der Waals surface area contributed by atoms with Crippen LogP contribution < -0.4 is 4.90 Å². The highest BCUT2D eigenvalue weighted by molar-refractivity contribution is 6.35. The molecule has 1 aromatic heterocycles. The fourth-order valence-corrected chi connectivity index (χ4v) is 3.97. The summed E-state index contributed by atoms with van der Waals surface area (Å²) >= 11 is 12.6. The van der Waals surface area contributed by atoms with Crippen LogP contribution in [0.5, 0.6) is 0 Å². The van der Waals surface area contributed by atoms with E-state index in [-0.39, 0.29) is 0 Å². The molecule has 0 aliphatic heterocycles. The van der Waals surface area contributed by atoms with Crippen molar-refractivity contribution < 1.29 is 0 Å². The summed E-state index contributed by atoms with van der Waals surface area (Å²) in [6, 6.07) is 24.6. The Kier molecular flexibility index (Phi) is 6.90. The number of hydrogen-bond donors (Lipinski definition) is 0. The first-order valence-corrected chi connectivity index (χ1v) is 10.9. The van der Waals surface area contributed by atoms with E-state index in [4.69, 9.17) is 33.7 Å². The van der Waals surface area contributed by atoms with Crippen LogP contribution in [-0.2, 0) is 19.6 Å². The van der Waals surface area contributed by atoms with Crippen molar-refractivity contribution >= 4 is 28.9 Å². The highest BCUT2D eigenvalue weighted by Gasteiger charge is 2.15. The number of halogens is 2. The molecule has 6 nitrogen and oxygen atoms in total. The molecule has 3 aromatic carbocycles. The average Bonchev–Trinajstić information content (AvgIpc) is 3.25. The third-order valence-electron chi connectivity index (χ3n) is 5.13. The summed E-state index contributed by atoms with van der Waals surface area (Å²) in [5.74, 6) is 0.768. The van der Waals surface area contributed by atoms with Crippen LogP contribution in [-0.4, -0.2) is 14.8 Å². The molecule has 8 heteroatoms.